The lowest BCUT2D eigenvalue weighted by Gasteiger charge is -2.14. The van der Waals surface area contributed by atoms with Gasteiger partial charge in [0.25, 0.3) is 0 Å². The van der Waals surface area contributed by atoms with E-state index in [1.54, 1.807) is 0 Å². The maximum absolute atomic E-state index is 4.29. The van der Waals surface area contributed by atoms with Crippen molar-refractivity contribution < 1.29 is 0 Å². The highest BCUT2D eigenvalue weighted by atomic mass is 15.3. The summed E-state index contributed by atoms with van der Waals surface area (Å²) in [4.78, 5) is 0. The number of nitrogens with one attached hydrogen (secondary N) is 1. The van der Waals surface area contributed by atoms with Crippen LogP contribution in [0.3, 0.4) is 0 Å². The maximum Gasteiger partial charge on any atom is 0.147 e. The first-order valence-corrected chi connectivity index (χ1v) is 7.39. The van der Waals surface area contributed by atoms with E-state index in [4.69, 9.17) is 0 Å². The largest absolute Gasteiger partial charge is 0.314 e. The fraction of sp³-hybridized carbons (Fsp3) is 0.857. The van der Waals surface area contributed by atoms with Gasteiger partial charge in [0.15, 0.2) is 0 Å². The predicted octanol–water partition coefficient (Wildman–Crippen LogP) is 2.53. The molecule has 2 rings (SSSR count). The van der Waals surface area contributed by atoms with Gasteiger partial charge in [0.1, 0.15) is 11.6 Å². The Morgan fingerprint density at radius 3 is 2.94 bits per heavy atom. The average molecular weight is 250 g/mol. The second kappa shape index (κ2) is 6.88. The summed E-state index contributed by atoms with van der Waals surface area (Å²) in [7, 11) is 0. The minimum absolute atomic E-state index is 0.827. The highest BCUT2D eigenvalue weighted by Crippen LogP contribution is 2.14. The second-order valence-corrected chi connectivity index (χ2v) is 5.71. The van der Waals surface area contributed by atoms with Crippen molar-refractivity contribution in [3.05, 3.63) is 11.6 Å². The van der Waals surface area contributed by atoms with Gasteiger partial charge < -0.3 is 9.88 Å². The summed E-state index contributed by atoms with van der Waals surface area (Å²) in [6, 6.07) is 0. The Morgan fingerprint density at radius 1 is 1.22 bits per heavy atom. The average Bonchev–Trinajstić information content (AvgIpc) is 2.77. The number of nitrogens with zero attached hydrogens (tertiary/aromatic N) is 3. The van der Waals surface area contributed by atoms with Gasteiger partial charge in [-0.15, -0.1) is 10.2 Å². The number of aromatic nitrogens is 3. The zero-order valence-electron chi connectivity index (χ0n) is 11.8. The van der Waals surface area contributed by atoms with Crippen LogP contribution in [0.2, 0.25) is 0 Å². The molecule has 4 heteroatoms. The second-order valence-electron chi connectivity index (χ2n) is 5.71. The van der Waals surface area contributed by atoms with Crippen LogP contribution >= 0.6 is 0 Å². The summed E-state index contributed by atoms with van der Waals surface area (Å²) in [6.07, 6.45) is 7.55. The van der Waals surface area contributed by atoms with Crippen LogP contribution in [-0.2, 0) is 19.5 Å². The van der Waals surface area contributed by atoms with Crippen LogP contribution in [0, 0.1) is 5.92 Å². The van der Waals surface area contributed by atoms with E-state index >= 15 is 0 Å². The molecular weight excluding hydrogens is 224 g/mol. The molecule has 0 unspecified atom stereocenters. The van der Waals surface area contributed by atoms with Gasteiger partial charge in [-0.2, -0.15) is 0 Å². The van der Waals surface area contributed by atoms with E-state index < -0.39 is 0 Å². The van der Waals surface area contributed by atoms with Crippen LogP contribution in [0.15, 0.2) is 0 Å². The lowest BCUT2D eigenvalue weighted by atomic mass is 10.1. The molecule has 0 radical (unpaired) electrons. The van der Waals surface area contributed by atoms with Crippen LogP contribution in [0.1, 0.15) is 57.6 Å². The van der Waals surface area contributed by atoms with Crippen molar-refractivity contribution >= 4 is 0 Å². The van der Waals surface area contributed by atoms with Crippen LogP contribution in [0.5, 0.6) is 0 Å². The van der Waals surface area contributed by atoms with Crippen molar-refractivity contribution in [3.8, 4) is 0 Å². The maximum atomic E-state index is 4.29. The van der Waals surface area contributed by atoms with Crippen molar-refractivity contribution in [1.29, 1.82) is 0 Å². The van der Waals surface area contributed by atoms with E-state index in [-0.39, 0.29) is 0 Å². The van der Waals surface area contributed by atoms with Crippen LogP contribution < -0.4 is 5.32 Å². The molecule has 0 bridgehead atoms. The zero-order valence-corrected chi connectivity index (χ0v) is 11.8. The topological polar surface area (TPSA) is 42.7 Å². The third-order valence-corrected chi connectivity index (χ3v) is 3.60. The lowest BCUT2D eigenvalue weighted by molar-refractivity contribution is 0.488. The Bertz CT molecular complexity index is 357. The summed E-state index contributed by atoms with van der Waals surface area (Å²) >= 11 is 0. The minimum Gasteiger partial charge on any atom is -0.314 e. The number of fused-ring (bicyclic) bond motifs is 1. The van der Waals surface area contributed by atoms with Crippen LogP contribution in [-0.4, -0.2) is 21.3 Å². The van der Waals surface area contributed by atoms with E-state index in [0.29, 0.717) is 0 Å². The van der Waals surface area contributed by atoms with Crippen molar-refractivity contribution in [2.75, 3.05) is 6.54 Å². The summed E-state index contributed by atoms with van der Waals surface area (Å²) in [5, 5.41) is 12.1. The summed E-state index contributed by atoms with van der Waals surface area (Å²) < 4.78 is 2.30. The van der Waals surface area contributed by atoms with E-state index in [0.717, 1.165) is 37.8 Å². The highest BCUT2D eigenvalue weighted by Gasteiger charge is 2.14. The van der Waals surface area contributed by atoms with Gasteiger partial charge in [0.05, 0.1) is 6.54 Å². The van der Waals surface area contributed by atoms with E-state index in [9.17, 15) is 0 Å². The first-order valence-electron chi connectivity index (χ1n) is 7.39. The van der Waals surface area contributed by atoms with Crippen molar-refractivity contribution in [2.45, 2.75) is 65.5 Å². The molecule has 0 aliphatic carbocycles. The Labute approximate surface area is 110 Å². The molecule has 102 valence electrons. The fourth-order valence-corrected chi connectivity index (χ4v) is 2.50. The van der Waals surface area contributed by atoms with Gasteiger partial charge in [0.2, 0.25) is 0 Å². The molecule has 0 aromatic carbocycles. The molecule has 1 aromatic heterocycles. The molecule has 18 heavy (non-hydrogen) atoms. The first-order chi connectivity index (χ1) is 8.77. The molecule has 0 fully saturated rings. The Balaban J connectivity index is 1.66. The molecular formula is C14H26N4. The minimum atomic E-state index is 0.827. The Morgan fingerprint density at radius 2 is 2.11 bits per heavy atom. The molecule has 4 nitrogen and oxygen atoms in total. The number of hydrogen-bond donors (Lipinski definition) is 1. The normalized spacial score (nSPS) is 15.1. The van der Waals surface area contributed by atoms with Gasteiger partial charge >= 0.3 is 0 Å². The lowest BCUT2D eigenvalue weighted by Crippen LogP contribution is -2.20. The smallest absolute Gasteiger partial charge is 0.147 e. The number of rotatable bonds is 7. The van der Waals surface area contributed by atoms with Crippen molar-refractivity contribution in [3.63, 3.8) is 0 Å². The summed E-state index contributed by atoms with van der Waals surface area (Å²) in [6.45, 7) is 7.64. The Hall–Kier alpha value is -0.900. The predicted molar refractivity (Wildman–Crippen MR) is 73.4 cm³/mol. The van der Waals surface area contributed by atoms with Gasteiger partial charge in [-0.05, 0) is 31.7 Å². The molecule has 1 aliphatic heterocycles. The fourth-order valence-electron chi connectivity index (χ4n) is 2.50. The molecule has 0 spiro atoms. The molecule has 0 saturated heterocycles. The number of unbranched alkanes of at least 4 members (excludes halogenated alkanes) is 1. The van der Waals surface area contributed by atoms with Gasteiger partial charge in [-0.3, -0.25) is 0 Å². The molecule has 1 aromatic rings. The quantitative estimate of drug-likeness (QED) is 0.756. The third kappa shape index (κ3) is 3.80. The highest BCUT2D eigenvalue weighted by molar-refractivity contribution is 4.98. The van der Waals surface area contributed by atoms with Gasteiger partial charge in [0, 0.05) is 13.0 Å². The monoisotopic (exact) mass is 250 g/mol. The van der Waals surface area contributed by atoms with E-state index in [1.807, 2.05) is 0 Å². The Kier molecular flexibility index (Phi) is 5.17. The number of hydrogen-bond acceptors (Lipinski definition) is 3. The van der Waals surface area contributed by atoms with Gasteiger partial charge in [-0.1, -0.05) is 26.7 Å². The van der Waals surface area contributed by atoms with Gasteiger partial charge in [-0.25, -0.2) is 0 Å². The van der Waals surface area contributed by atoms with Crippen molar-refractivity contribution in [1.82, 2.24) is 20.1 Å². The molecule has 1 N–H and O–H groups in total. The summed E-state index contributed by atoms with van der Waals surface area (Å²) in [5.41, 5.74) is 0. The molecule has 0 atom stereocenters. The zero-order chi connectivity index (χ0) is 12.8. The van der Waals surface area contributed by atoms with Crippen molar-refractivity contribution in [2.24, 2.45) is 5.92 Å². The standard InChI is InChI=1S/C14H26N4/c1-12(2)7-3-5-9-15-11-14-17-16-13-8-4-6-10-18(13)14/h12,15H,3-11H2,1-2H3. The van der Waals surface area contributed by atoms with E-state index in [1.165, 1.54) is 37.9 Å². The van der Waals surface area contributed by atoms with Crippen LogP contribution in [0.25, 0.3) is 0 Å². The van der Waals surface area contributed by atoms with Crippen LogP contribution in [0.4, 0.5) is 0 Å². The first kappa shape index (κ1) is 13.5. The van der Waals surface area contributed by atoms with E-state index in [2.05, 4.69) is 33.9 Å². The SMILES string of the molecule is CC(C)CCCCNCc1nnc2n1CCCC2. The molecule has 0 saturated carbocycles. The third-order valence-electron chi connectivity index (χ3n) is 3.60. The summed E-state index contributed by atoms with van der Waals surface area (Å²) in [5.74, 6) is 3.12. The molecule has 0 amide bonds. The number of aryl methyl sites for hydroxylation is 1. The molecule has 1 aliphatic rings. The molecule has 2 heterocycles.